The smallest absolute Gasteiger partial charge is 0.387 e. The lowest BCUT2D eigenvalue weighted by Crippen LogP contribution is -2.09. The molecule has 0 saturated carbocycles. The number of esters is 1. The van der Waals surface area contributed by atoms with Crippen LogP contribution in [-0.2, 0) is 22.6 Å². The summed E-state index contributed by atoms with van der Waals surface area (Å²) in [7, 11) is 1.51. The Balaban J connectivity index is 1.90. The van der Waals surface area contributed by atoms with Gasteiger partial charge in [0.25, 0.3) is 0 Å². The highest BCUT2D eigenvalue weighted by Crippen LogP contribution is 2.23. The van der Waals surface area contributed by atoms with Crippen molar-refractivity contribution in [3.63, 3.8) is 0 Å². The minimum atomic E-state index is -2.88. The Bertz CT molecular complexity index is 689. The zero-order valence-electron chi connectivity index (χ0n) is 12.8. The summed E-state index contributed by atoms with van der Waals surface area (Å²) in [5.41, 5.74) is 1.28. The van der Waals surface area contributed by atoms with Gasteiger partial charge in [0.15, 0.2) is 0 Å². The molecule has 0 bridgehead atoms. The molecule has 128 valence electrons. The molecule has 7 heteroatoms. The molecule has 0 spiro atoms. The molecule has 2 aromatic carbocycles. The van der Waals surface area contributed by atoms with E-state index in [2.05, 4.69) is 4.74 Å². The Hall–Kier alpha value is -2.34. The van der Waals surface area contributed by atoms with E-state index in [0.29, 0.717) is 21.9 Å². The number of benzene rings is 2. The van der Waals surface area contributed by atoms with Gasteiger partial charge in [0, 0.05) is 10.6 Å². The maximum Gasteiger partial charge on any atom is 0.387 e. The van der Waals surface area contributed by atoms with E-state index in [9.17, 15) is 13.6 Å². The van der Waals surface area contributed by atoms with Crippen LogP contribution in [-0.4, -0.2) is 19.7 Å². The Morgan fingerprint density at radius 1 is 1.17 bits per heavy atom. The van der Waals surface area contributed by atoms with Crippen molar-refractivity contribution in [1.29, 1.82) is 0 Å². The van der Waals surface area contributed by atoms with Crippen molar-refractivity contribution >= 4 is 17.6 Å². The van der Waals surface area contributed by atoms with E-state index in [1.165, 1.54) is 31.4 Å². The predicted octanol–water partition coefficient (Wildman–Crippen LogP) is 4.24. The third kappa shape index (κ3) is 5.38. The van der Waals surface area contributed by atoms with Crippen LogP contribution in [0.15, 0.2) is 42.5 Å². The summed E-state index contributed by atoms with van der Waals surface area (Å²) < 4.78 is 38.7. The van der Waals surface area contributed by atoms with Crippen LogP contribution in [0.1, 0.15) is 11.1 Å². The molecule has 4 nitrogen and oxygen atoms in total. The van der Waals surface area contributed by atoms with Crippen LogP contribution in [0.5, 0.6) is 11.5 Å². The SMILES string of the molecule is COc1ccc(Cl)cc1COC(=O)Cc1ccc(OC(F)F)cc1. The van der Waals surface area contributed by atoms with E-state index in [-0.39, 0.29) is 18.8 Å². The van der Waals surface area contributed by atoms with E-state index < -0.39 is 12.6 Å². The summed E-state index contributed by atoms with van der Waals surface area (Å²) in [6.07, 6.45) is 0.0117. The molecule has 0 fully saturated rings. The number of carbonyl (C=O) groups is 1. The highest BCUT2D eigenvalue weighted by Gasteiger charge is 2.10. The minimum Gasteiger partial charge on any atom is -0.496 e. The van der Waals surface area contributed by atoms with Crippen molar-refractivity contribution in [3.05, 3.63) is 58.6 Å². The zero-order chi connectivity index (χ0) is 17.5. The summed E-state index contributed by atoms with van der Waals surface area (Å²) in [5.74, 6) is 0.144. The molecule has 0 radical (unpaired) electrons. The average molecular weight is 357 g/mol. The maximum absolute atomic E-state index is 12.1. The molecule has 0 N–H and O–H groups in total. The fourth-order valence-corrected chi connectivity index (χ4v) is 2.22. The number of alkyl halides is 2. The van der Waals surface area contributed by atoms with Crippen molar-refractivity contribution < 1.29 is 27.8 Å². The third-order valence-electron chi connectivity index (χ3n) is 3.13. The van der Waals surface area contributed by atoms with Gasteiger partial charge in [-0.15, -0.1) is 0 Å². The third-order valence-corrected chi connectivity index (χ3v) is 3.36. The summed E-state index contributed by atoms with van der Waals surface area (Å²) in [5, 5.41) is 0.511. The first-order valence-corrected chi connectivity index (χ1v) is 7.37. The van der Waals surface area contributed by atoms with Gasteiger partial charge in [-0.25, -0.2) is 0 Å². The molecule has 0 heterocycles. The lowest BCUT2D eigenvalue weighted by Gasteiger charge is -2.10. The van der Waals surface area contributed by atoms with E-state index in [1.807, 2.05) is 0 Å². The number of hydrogen-bond acceptors (Lipinski definition) is 4. The highest BCUT2D eigenvalue weighted by molar-refractivity contribution is 6.30. The lowest BCUT2D eigenvalue weighted by molar-refractivity contribution is -0.144. The van der Waals surface area contributed by atoms with E-state index >= 15 is 0 Å². The summed E-state index contributed by atoms with van der Waals surface area (Å²) in [4.78, 5) is 11.9. The summed E-state index contributed by atoms with van der Waals surface area (Å²) in [6.45, 7) is -2.86. The topological polar surface area (TPSA) is 44.8 Å². The van der Waals surface area contributed by atoms with Crippen LogP contribution in [0, 0.1) is 0 Å². The molecule has 2 aromatic rings. The number of methoxy groups -OCH3 is 1. The quantitative estimate of drug-likeness (QED) is 0.696. The van der Waals surface area contributed by atoms with Crippen molar-refractivity contribution in [2.45, 2.75) is 19.6 Å². The number of hydrogen-bond donors (Lipinski definition) is 0. The van der Waals surface area contributed by atoms with Crippen LogP contribution in [0.4, 0.5) is 8.78 Å². The van der Waals surface area contributed by atoms with Crippen molar-refractivity contribution in [2.75, 3.05) is 7.11 Å². The monoisotopic (exact) mass is 356 g/mol. The molecule has 24 heavy (non-hydrogen) atoms. The fourth-order valence-electron chi connectivity index (χ4n) is 2.02. The molecule has 0 aliphatic heterocycles. The molecular formula is C17H15ClF2O4. The first-order valence-electron chi connectivity index (χ1n) is 6.99. The molecule has 0 atom stereocenters. The lowest BCUT2D eigenvalue weighted by atomic mass is 10.1. The van der Waals surface area contributed by atoms with Crippen LogP contribution in [0.2, 0.25) is 5.02 Å². The summed E-state index contributed by atoms with van der Waals surface area (Å²) >= 11 is 5.91. The largest absolute Gasteiger partial charge is 0.496 e. The van der Waals surface area contributed by atoms with Gasteiger partial charge < -0.3 is 14.2 Å². The number of carbonyl (C=O) groups excluding carboxylic acids is 1. The average Bonchev–Trinajstić information content (AvgIpc) is 2.54. The first kappa shape index (κ1) is 18.0. The second-order valence-corrected chi connectivity index (χ2v) is 5.25. The standard InChI is InChI=1S/C17H15ClF2O4/c1-22-15-7-4-13(18)9-12(15)10-23-16(21)8-11-2-5-14(6-3-11)24-17(19)20/h2-7,9,17H,8,10H2,1H3. The minimum absolute atomic E-state index is 0.0117. The molecule has 0 aromatic heterocycles. The van der Waals surface area contributed by atoms with E-state index in [0.717, 1.165) is 0 Å². The van der Waals surface area contributed by atoms with Crippen molar-refractivity contribution in [3.8, 4) is 11.5 Å². The number of rotatable bonds is 7. The highest BCUT2D eigenvalue weighted by atomic mass is 35.5. The Morgan fingerprint density at radius 3 is 2.50 bits per heavy atom. The second-order valence-electron chi connectivity index (χ2n) is 4.82. The Labute approximate surface area is 142 Å². The van der Waals surface area contributed by atoms with Crippen LogP contribution in [0.3, 0.4) is 0 Å². The van der Waals surface area contributed by atoms with Crippen molar-refractivity contribution in [2.24, 2.45) is 0 Å². The van der Waals surface area contributed by atoms with Gasteiger partial charge >= 0.3 is 12.6 Å². The van der Waals surface area contributed by atoms with Crippen LogP contribution < -0.4 is 9.47 Å². The van der Waals surface area contributed by atoms with Gasteiger partial charge in [-0.05, 0) is 35.9 Å². The van der Waals surface area contributed by atoms with Gasteiger partial charge in [0.1, 0.15) is 18.1 Å². The molecule has 0 aliphatic carbocycles. The molecule has 0 saturated heterocycles. The number of ether oxygens (including phenoxy) is 3. The molecule has 2 rings (SSSR count). The predicted molar refractivity (Wildman–Crippen MR) is 84.6 cm³/mol. The van der Waals surface area contributed by atoms with Gasteiger partial charge in [-0.3, -0.25) is 4.79 Å². The van der Waals surface area contributed by atoms with Crippen molar-refractivity contribution in [1.82, 2.24) is 0 Å². The zero-order valence-corrected chi connectivity index (χ0v) is 13.6. The van der Waals surface area contributed by atoms with E-state index in [1.54, 1.807) is 18.2 Å². The molecular weight excluding hydrogens is 342 g/mol. The maximum atomic E-state index is 12.1. The molecule has 0 aliphatic rings. The van der Waals surface area contributed by atoms with Crippen LogP contribution in [0.25, 0.3) is 0 Å². The van der Waals surface area contributed by atoms with Gasteiger partial charge in [0.05, 0.1) is 13.5 Å². The summed E-state index contributed by atoms with van der Waals surface area (Å²) in [6, 6.07) is 10.8. The van der Waals surface area contributed by atoms with E-state index in [4.69, 9.17) is 21.1 Å². The normalized spacial score (nSPS) is 10.5. The molecule has 0 amide bonds. The van der Waals surface area contributed by atoms with Crippen LogP contribution >= 0.6 is 11.6 Å². The van der Waals surface area contributed by atoms with Gasteiger partial charge in [-0.1, -0.05) is 23.7 Å². The molecule has 0 unspecified atom stereocenters. The van der Waals surface area contributed by atoms with Gasteiger partial charge in [-0.2, -0.15) is 8.78 Å². The van der Waals surface area contributed by atoms with Gasteiger partial charge in [0.2, 0.25) is 0 Å². The fraction of sp³-hybridized carbons (Fsp3) is 0.235. The Morgan fingerprint density at radius 2 is 1.88 bits per heavy atom. The first-order chi connectivity index (χ1) is 11.5. The number of halogens is 3. The second kappa shape index (κ2) is 8.49. The Kier molecular flexibility index (Phi) is 6.37.